The Morgan fingerprint density at radius 3 is 2.50 bits per heavy atom. The van der Waals surface area contributed by atoms with E-state index in [1.165, 1.54) is 43.8 Å². The van der Waals surface area contributed by atoms with Crippen LogP contribution < -0.4 is 0 Å². The molecule has 2 aliphatic heterocycles. The molecule has 1 aromatic rings. The average molecular weight is 242 g/mol. The van der Waals surface area contributed by atoms with E-state index in [4.69, 9.17) is 4.99 Å². The number of likely N-dealkylation sites (tertiary alicyclic amines) is 1. The van der Waals surface area contributed by atoms with E-state index in [0.29, 0.717) is 12.0 Å². The van der Waals surface area contributed by atoms with Gasteiger partial charge in [-0.05, 0) is 31.7 Å². The van der Waals surface area contributed by atoms with Gasteiger partial charge in [-0.3, -0.25) is 4.99 Å². The summed E-state index contributed by atoms with van der Waals surface area (Å²) in [5, 5.41) is 0. The van der Waals surface area contributed by atoms with E-state index in [-0.39, 0.29) is 0 Å². The third kappa shape index (κ3) is 2.29. The van der Waals surface area contributed by atoms with Crippen molar-refractivity contribution >= 4 is 5.84 Å². The Balaban J connectivity index is 1.72. The maximum absolute atomic E-state index is 4.91. The largest absolute Gasteiger partial charge is 0.360 e. The first-order valence-electron chi connectivity index (χ1n) is 7.21. The van der Waals surface area contributed by atoms with E-state index in [2.05, 4.69) is 42.2 Å². The molecule has 1 aromatic carbocycles. The molecular formula is C16H22N2. The van der Waals surface area contributed by atoms with Crippen molar-refractivity contribution in [3.05, 3.63) is 35.9 Å². The molecule has 1 fully saturated rings. The topological polar surface area (TPSA) is 15.6 Å². The van der Waals surface area contributed by atoms with Gasteiger partial charge in [-0.15, -0.1) is 0 Å². The Bertz CT molecular complexity index is 418. The average Bonchev–Trinajstić information content (AvgIpc) is 2.83. The van der Waals surface area contributed by atoms with Crippen molar-refractivity contribution in [1.82, 2.24) is 4.90 Å². The molecule has 0 saturated carbocycles. The summed E-state index contributed by atoms with van der Waals surface area (Å²) in [6, 6.07) is 11.3. The van der Waals surface area contributed by atoms with Crippen molar-refractivity contribution in [3.63, 3.8) is 0 Å². The molecule has 2 atom stereocenters. The number of amidine groups is 1. The Hall–Kier alpha value is -1.31. The monoisotopic (exact) mass is 242 g/mol. The molecule has 0 aromatic heterocycles. The molecule has 2 unspecified atom stereocenters. The highest BCUT2D eigenvalue weighted by molar-refractivity contribution is 5.85. The van der Waals surface area contributed by atoms with Gasteiger partial charge < -0.3 is 4.90 Å². The molecule has 18 heavy (non-hydrogen) atoms. The number of hydrogen-bond acceptors (Lipinski definition) is 2. The summed E-state index contributed by atoms with van der Waals surface area (Å²) in [5.74, 6) is 1.94. The number of rotatable bonds is 1. The van der Waals surface area contributed by atoms with E-state index >= 15 is 0 Å². The van der Waals surface area contributed by atoms with Crippen LogP contribution in [0.2, 0.25) is 0 Å². The van der Waals surface area contributed by atoms with E-state index in [9.17, 15) is 0 Å². The minimum atomic E-state index is 0.435. The van der Waals surface area contributed by atoms with Crippen LogP contribution in [-0.2, 0) is 0 Å². The van der Waals surface area contributed by atoms with Gasteiger partial charge in [0.05, 0.1) is 11.9 Å². The fourth-order valence-corrected chi connectivity index (χ4v) is 3.20. The lowest BCUT2D eigenvalue weighted by molar-refractivity contribution is 0.338. The zero-order chi connectivity index (χ0) is 12.4. The van der Waals surface area contributed by atoms with Gasteiger partial charge in [-0.25, -0.2) is 0 Å². The van der Waals surface area contributed by atoms with Gasteiger partial charge in [0.15, 0.2) is 0 Å². The lowest BCUT2D eigenvalue weighted by Gasteiger charge is -2.28. The van der Waals surface area contributed by atoms with Crippen molar-refractivity contribution in [2.24, 2.45) is 4.99 Å². The highest BCUT2D eigenvalue weighted by Crippen LogP contribution is 2.32. The quantitative estimate of drug-likeness (QED) is 0.736. The van der Waals surface area contributed by atoms with Crippen LogP contribution in [0.5, 0.6) is 0 Å². The van der Waals surface area contributed by atoms with E-state index in [1.54, 1.807) is 0 Å². The van der Waals surface area contributed by atoms with E-state index in [1.807, 2.05) is 0 Å². The van der Waals surface area contributed by atoms with Crippen molar-refractivity contribution < 1.29 is 0 Å². The summed E-state index contributed by atoms with van der Waals surface area (Å²) in [6.07, 6.45) is 5.19. The van der Waals surface area contributed by atoms with Gasteiger partial charge in [0, 0.05) is 25.4 Å². The molecule has 1 saturated heterocycles. The summed E-state index contributed by atoms with van der Waals surface area (Å²) >= 11 is 0. The fraction of sp³-hybridized carbons (Fsp3) is 0.562. The predicted octanol–water partition coefficient (Wildman–Crippen LogP) is 3.45. The van der Waals surface area contributed by atoms with Crippen molar-refractivity contribution in [3.8, 4) is 0 Å². The third-order valence-corrected chi connectivity index (χ3v) is 4.29. The number of piperidine rings is 1. The van der Waals surface area contributed by atoms with Gasteiger partial charge in [-0.2, -0.15) is 0 Å². The first-order valence-corrected chi connectivity index (χ1v) is 7.21. The van der Waals surface area contributed by atoms with Crippen LogP contribution in [0.4, 0.5) is 0 Å². The van der Waals surface area contributed by atoms with Crippen molar-refractivity contribution in [1.29, 1.82) is 0 Å². The summed E-state index contributed by atoms with van der Waals surface area (Å²) in [5.41, 5.74) is 1.45. The molecule has 2 heterocycles. The van der Waals surface area contributed by atoms with Crippen LogP contribution in [0.3, 0.4) is 0 Å². The van der Waals surface area contributed by atoms with E-state index in [0.717, 1.165) is 6.42 Å². The van der Waals surface area contributed by atoms with Gasteiger partial charge in [0.1, 0.15) is 0 Å². The highest BCUT2D eigenvalue weighted by atomic mass is 15.2. The molecule has 2 nitrogen and oxygen atoms in total. The minimum absolute atomic E-state index is 0.435. The van der Waals surface area contributed by atoms with Crippen LogP contribution in [0.25, 0.3) is 0 Å². The molecule has 0 amide bonds. The molecule has 2 heteroatoms. The minimum Gasteiger partial charge on any atom is -0.360 e. The maximum atomic E-state index is 4.91. The Labute approximate surface area is 110 Å². The van der Waals surface area contributed by atoms with Gasteiger partial charge in [0.2, 0.25) is 0 Å². The molecule has 96 valence electrons. The second-order valence-corrected chi connectivity index (χ2v) is 5.55. The SMILES string of the molecule is CC1N=C(N2CCCCC2)CC1c1ccccc1. The van der Waals surface area contributed by atoms with Crippen LogP contribution in [0.1, 0.15) is 44.1 Å². The summed E-state index contributed by atoms with van der Waals surface area (Å²) < 4.78 is 0. The molecule has 2 aliphatic rings. The smallest absolute Gasteiger partial charge is 0.0999 e. The van der Waals surface area contributed by atoms with Crippen LogP contribution in [0, 0.1) is 0 Å². The van der Waals surface area contributed by atoms with Crippen LogP contribution in [0.15, 0.2) is 35.3 Å². The third-order valence-electron chi connectivity index (χ3n) is 4.29. The van der Waals surface area contributed by atoms with Gasteiger partial charge in [-0.1, -0.05) is 30.3 Å². The molecule has 0 bridgehead atoms. The molecule has 0 aliphatic carbocycles. The number of aliphatic imine (C=N–C) groups is 1. The fourth-order valence-electron chi connectivity index (χ4n) is 3.20. The molecule has 0 N–H and O–H groups in total. The lowest BCUT2D eigenvalue weighted by Crippen LogP contribution is -2.34. The number of nitrogens with zero attached hydrogens (tertiary/aromatic N) is 2. The first kappa shape index (κ1) is 11.8. The first-order chi connectivity index (χ1) is 8.84. The second kappa shape index (κ2) is 5.13. The highest BCUT2D eigenvalue weighted by Gasteiger charge is 2.30. The second-order valence-electron chi connectivity index (χ2n) is 5.55. The van der Waals surface area contributed by atoms with Crippen LogP contribution in [-0.4, -0.2) is 29.9 Å². The number of benzene rings is 1. The summed E-state index contributed by atoms with van der Waals surface area (Å²) in [6.45, 7) is 4.69. The Morgan fingerprint density at radius 2 is 1.78 bits per heavy atom. The predicted molar refractivity (Wildman–Crippen MR) is 76.1 cm³/mol. The van der Waals surface area contributed by atoms with Gasteiger partial charge >= 0.3 is 0 Å². The molecular weight excluding hydrogens is 220 g/mol. The van der Waals surface area contributed by atoms with Gasteiger partial charge in [0.25, 0.3) is 0 Å². The standard InChI is InChI=1S/C16H22N2/c1-13-15(14-8-4-2-5-9-14)12-16(17-13)18-10-6-3-7-11-18/h2,4-5,8-9,13,15H,3,6-7,10-12H2,1H3. The normalized spacial score (nSPS) is 28.3. The Morgan fingerprint density at radius 1 is 1.06 bits per heavy atom. The Kier molecular flexibility index (Phi) is 3.35. The lowest BCUT2D eigenvalue weighted by atomic mass is 9.91. The van der Waals surface area contributed by atoms with Crippen molar-refractivity contribution in [2.75, 3.05) is 13.1 Å². The molecule has 0 radical (unpaired) electrons. The summed E-state index contributed by atoms with van der Waals surface area (Å²) in [7, 11) is 0. The van der Waals surface area contributed by atoms with Crippen molar-refractivity contribution in [2.45, 2.75) is 44.6 Å². The zero-order valence-corrected chi connectivity index (χ0v) is 11.2. The number of hydrogen-bond donors (Lipinski definition) is 0. The molecule has 0 spiro atoms. The molecule has 3 rings (SSSR count). The zero-order valence-electron chi connectivity index (χ0n) is 11.2. The van der Waals surface area contributed by atoms with Crippen LogP contribution >= 0.6 is 0 Å². The summed E-state index contributed by atoms with van der Waals surface area (Å²) in [4.78, 5) is 7.43. The van der Waals surface area contributed by atoms with E-state index < -0.39 is 0 Å². The maximum Gasteiger partial charge on any atom is 0.0999 e.